The monoisotopic (exact) mass is 279 g/mol. The van der Waals surface area contributed by atoms with E-state index in [0.29, 0.717) is 16.9 Å². The standard InChI is InChI=1S/C14H11BFN5/c15-12-7-19-13(17)14(21-12)20-6-9-4-8-2-1-3-18-11(8)5-10(9)16/h1-5,7H,6H2,(H2,17,19)(H,20,21). The highest BCUT2D eigenvalue weighted by Crippen LogP contribution is 2.19. The van der Waals surface area contributed by atoms with E-state index in [1.807, 2.05) is 6.07 Å². The fourth-order valence-corrected chi connectivity index (χ4v) is 2.00. The molecule has 5 nitrogen and oxygen atoms in total. The lowest BCUT2D eigenvalue weighted by atomic mass is 10.1. The number of nitrogen functional groups attached to an aromatic ring is 1. The van der Waals surface area contributed by atoms with Gasteiger partial charge < -0.3 is 11.1 Å². The summed E-state index contributed by atoms with van der Waals surface area (Å²) in [6, 6.07) is 6.82. The molecule has 3 N–H and O–H groups in total. The first-order valence-electron chi connectivity index (χ1n) is 6.28. The number of pyridine rings is 1. The smallest absolute Gasteiger partial charge is 0.168 e. The fourth-order valence-electron chi connectivity index (χ4n) is 2.00. The number of aromatic nitrogens is 3. The summed E-state index contributed by atoms with van der Waals surface area (Å²) in [7, 11) is 5.55. The Morgan fingerprint density at radius 2 is 2.14 bits per heavy atom. The van der Waals surface area contributed by atoms with Gasteiger partial charge >= 0.3 is 0 Å². The lowest BCUT2D eigenvalue weighted by Crippen LogP contribution is -2.15. The van der Waals surface area contributed by atoms with Crippen molar-refractivity contribution in [3.63, 3.8) is 0 Å². The van der Waals surface area contributed by atoms with Crippen LogP contribution in [-0.4, -0.2) is 22.8 Å². The molecule has 0 fully saturated rings. The Balaban J connectivity index is 1.88. The number of rotatable bonds is 3. The van der Waals surface area contributed by atoms with Gasteiger partial charge in [0.1, 0.15) is 13.7 Å². The van der Waals surface area contributed by atoms with E-state index in [-0.39, 0.29) is 23.8 Å². The summed E-state index contributed by atoms with van der Waals surface area (Å²) >= 11 is 0. The molecule has 0 aliphatic heterocycles. The third kappa shape index (κ3) is 2.76. The summed E-state index contributed by atoms with van der Waals surface area (Å²) < 4.78 is 14.0. The zero-order valence-corrected chi connectivity index (χ0v) is 11.0. The molecule has 0 saturated carbocycles. The van der Waals surface area contributed by atoms with Gasteiger partial charge in [-0.2, -0.15) is 0 Å². The Labute approximate surface area is 121 Å². The van der Waals surface area contributed by atoms with E-state index in [0.717, 1.165) is 5.39 Å². The van der Waals surface area contributed by atoms with E-state index in [9.17, 15) is 4.39 Å². The number of halogens is 1. The van der Waals surface area contributed by atoms with Gasteiger partial charge in [0.15, 0.2) is 11.6 Å². The van der Waals surface area contributed by atoms with Crippen molar-refractivity contribution >= 4 is 36.0 Å². The molecular weight excluding hydrogens is 268 g/mol. The molecule has 0 amide bonds. The Bertz CT molecular complexity index is 808. The third-order valence-corrected chi connectivity index (χ3v) is 3.04. The van der Waals surface area contributed by atoms with Crippen molar-refractivity contribution in [2.45, 2.75) is 6.54 Å². The molecule has 2 radical (unpaired) electrons. The lowest BCUT2D eigenvalue weighted by Gasteiger charge is -2.10. The first-order valence-corrected chi connectivity index (χ1v) is 6.28. The van der Waals surface area contributed by atoms with Gasteiger partial charge in [0, 0.05) is 41.5 Å². The van der Waals surface area contributed by atoms with Crippen LogP contribution in [0.3, 0.4) is 0 Å². The van der Waals surface area contributed by atoms with Gasteiger partial charge in [0.05, 0.1) is 5.52 Å². The van der Waals surface area contributed by atoms with E-state index in [2.05, 4.69) is 20.3 Å². The molecule has 0 aliphatic rings. The first-order chi connectivity index (χ1) is 10.1. The number of anilines is 2. The summed E-state index contributed by atoms with van der Waals surface area (Å²) in [5, 5.41) is 3.80. The number of nitrogens with one attached hydrogen (secondary N) is 1. The Morgan fingerprint density at radius 3 is 3.00 bits per heavy atom. The highest BCUT2D eigenvalue weighted by atomic mass is 19.1. The van der Waals surface area contributed by atoms with Crippen molar-refractivity contribution in [1.82, 2.24) is 15.0 Å². The molecule has 0 atom stereocenters. The topological polar surface area (TPSA) is 76.7 Å². The van der Waals surface area contributed by atoms with E-state index >= 15 is 0 Å². The highest BCUT2D eigenvalue weighted by Gasteiger charge is 2.07. The van der Waals surface area contributed by atoms with Crippen LogP contribution in [0.5, 0.6) is 0 Å². The van der Waals surface area contributed by atoms with Crippen molar-refractivity contribution in [3.8, 4) is 0 Å². The number of nitrogens with zero attached hydrogens (tertiary/aromatic N) is 3. The molecule has 0 saturated heterocycles. The molecule has 0 unspecified atom stereocenters. The largest absolute Gasteiger partial charge is 0.381 e. The molecule has 21 heavy (non-hydrogen) atoms. The van der Waals surface area contributed by atoms with Crippen LogP contribution in [0.4, 0.5) is 16.0 Å². The highest BCUT2D eigenvalue weighted by molar-refractivity contribution is 6.30. The lowest BCUT2D eigenvalue weighted by molar-refractivity contribution is 0.614. The number of benzene rings is 1. The second-order valence-electron chi connectivity index (χ2n) is 4.52. The van der Waals surface area contributed by atoms with Crippen LogP contribution in [0.15, 0.2) is 36.7 Å². The zero-order valence-electron chi connectivity index (χ0n) is 11.0. The minimum Gasteiger partial charge on any atom is -0.381 e. The fraction of sp³-hybridized carbons (Fsp3) is 0.0714. The van der Waals surface area contributed by atoms with Gasteiger partial charge in [-0.25, -0.2) is 14.4 Å². The van der Waals surface area contributed by atoms with Gasteiger partial charge in [0.2, 0.25) is 0 Å². The van der Waals surface area contributed by atoms with Gasteiger partial charge in [-0.1, -0.05) is 6.07 Å². The second kappa shape index (κ2) is 5.36. The quantitative estimate of drug-likeness (QED) is 0.703. The Kier molecular flexibility index (Phi) is 3.39. The molecule has 2 heterocycles. The number of fused-ring (bicyclic) bond motifs is 1. The van der Waals surface area contributed by atoms with Gasteiger partial charge in [-0.05, 0) is 12.1 Å². The normalized spacial score (nSPS) is 10.7. The van der Waals surface area contributed by atoms with Crippen molar-refractivity contribution in [2.24, 2.45) is 0 Å². The molecule has 102 valence electrons. The maximum Gasteiger partial charge on any atom is 0.168 e. The van der Waals surface area contributed by atoms with Crippen LogP contribution in [0, 0.1) is 5.82 Å². The molecule has 7 heteroatoms. The Morgan fingerprint density at radius 1 is 1.29 bits per heavy atom. The average Bonchev–Trinajstić information content (AvgIpc) is 2.48. The van der Waals surface area contributed by atoms with E-state index in [4.69, 9.17) is 13.6 Å². The predicted molar refractivity (Wildman–Crippen MR) is 80.9 cm³/mol. The predicted octanol–water partition coefficient (Wildman–Crippen LogP) is 1.15. The summed E-state index contributed by atoms with van der Waals surface area (Å²) in [6.45, 7) is 0.221. The minimum atomic E-state index is -0.343. The van der Waals surface area contributed by atoms with Gasteiger partial charge in [-0.3, -0.25) is 4.98 Å². The van der Waals surface area contributed by atoms with Crippen LogP contribution < -0.4 is 16.6 Å². The number of hydrogen-bond acceptors (Lipinski definition) is 5. The van der Waals surface area contributed by atoms with Crippen LogP contribution in [-0.2, 0) is 6.54 Å². The average molecular weight is 279 g/mol. The maximum atomic E-state index is 14.0. The third-order valence-electron chi connectivity index (χ3n) is 3.04. The molecular formula is C14H11BFN5. The number of nitrogens with two attached hydrogens (primary N) is 1. The molecule has 3 aromatic rings. The summed E-state index contributed by atoms with van der Waals surface area (Å²) in [4.78, 5) is 12.0. The summed E-state index contributed by atoms with van der Waals surface area (Å²) in [5.41, 5.74) is 7.03. The van der Waals surface area contributed by atoms with E-state index in [1.54, 1.807) is 18.3 Å². The molecule has 0 spiro atoms. The van der Waals surface area contributed by atoms with E-state index in [1.165, 1.54) is 12.3 Å². The van der Waals surface area contributed by atoms with Gasteiger partial charge in [-0.15, -0.1) is 0 Å². The molecule has 0 aliphatic carbocycles. The number of hydrogen-bond donors (Lipinski definition) is 2. The van der Waals surface area contributed by atoms with Crippen LogP contribution in [0.1, 0.15) is 5.56 Å². The van der Waals surface area contributed by atoms with Crippen molar-refractivity contribution < 1.29 is 4.39 Å². The molecule has 0 bridgehead atoms. The van der Waals surface area contributed by atoms with E-state index < -0.39 is 0 Å². The second-order valence-corrected chi connectivity index (χ2v) is 4.52. The minimum absolute atomic E-state index is 0.215. The van der Waals surface area contributed by atoms with Crippen molar-refractivity contribution in [3.05, 3.63) is 48.0 Å². The van der Waals surface area contributed by atoms with Crippen LogP contribution in [0.2, 0.25) is 0 Å². The Hall–Kier alpha value is -2.70. The maximum absolute atomic E-state index is 14.0. The summed E-state index contributed by atoms with van der Waals surface area (Å²) in [5.74, 6) is 0.205. The van der Waals surface area contributed by atoms with Gasteiger partial charge in [0.25, 0.3) is 0 Å². The first kappa shape index (κ1) is 13.3. The molecule has 3 rings (SSSR count). The molecule has 2 aromatic heterocycles. The van der Waals surface area contributed by atoms with Crippen LogP contribution >= 0.6 is 0 Å². The SMILES string of the molecule is [B]c1cnc(N)c(NCc2cc3cccnc3cc2F)n1. The van der Waals surface area contributed by atoms with Crippen LogP contribution in [0.25, 0.3) is 10.9 Å². The van der Waals surface area contributed by atoms with Crippen molar-refractivity contribution in [1.29, 1.82) is 0 Å². The molecule has 1 aromatic carbocycles. The van der Waals surface area contributed by atoms with Crippen molar-refractivity contribution in [2.75, 3.05) is 11.1 Å². The summed E-state index contributed by atoms with van der Waals surface area (Å²) in [6.07, 6.45) is 2.99. The zero-order chi connectivity index (χ0) is 14.8.